The standard InChI is InChI=1S/C23H24N2O4/c1-4-20(18-10-9-17-14-19(27-2)12-11-16(17)13-18)24-25-23(26)15-29-22-8-6-5-7-21(22)28-3/h5-14H,4,15H2,1-3H3,(H,25,26)/b24-20-. The van der Waals surface area contributed by atoms with Gasteiger partial charge in [0.05, 0.1) is 19.9 Å². The van der Waals surface area contributed by atoms with Gasteiger partial charge in [-0.05, 0) is 53.1 Å². The van der Waals surface area contributed by atoms with Gasteiger partial charge in [0, 0.05) is 0 Å². The Morgan fingerprint density at radius 3 is 2.38 bits per heavy atom. The Balaban J connectivity index is 1.67. The third-order valence-electron chi connectivity index (χ3n) is 4.46. The second-order valence-electron chi connectivity index (χ2n) is 6.31. The second kappa shape index (κ2) is 9.59. The quantitative estimate of drug-likeness (QED) is 0.462. The molecule has 0 aliphatic heterocycles. The molecule has 0 bridgehead atoms. The normalized spacial score (nSPS) is 11.2. The number of amides is 1. The van der Waals surface area contributed by atoms with Gasteiger partial charge in [-0.2, -0.15) is 5.10 Å². The maximum absolute atomic E-state index is 12.2. The first-order valence-corrected chi connectivity index (χ1v) is 9.34. The fraction of sp³-hybridized carbons (Fsp3) is 0.217. The monoisotopic (exact) mass is 392 g/mol. The average Bonchev–Trinajstić information content (AvgIpc) is 2.77. The number of benzene rings is 3. The van der Waals surface area contributed by atoms with E-state index in [0.29, 0.717) is 17.9 Å². The zero-order chi connectivity index (χ0) is 20.6. The molecule has 29 heavy (non-hydrogen) atoms. The molecule has 0 radical (unpaired) electrons. The lowest BCUT2D eigenvalue weighted by atomic mass is 10.0. The highest BCUT2D eigenvalue weighted by Gasteiger charge is 2.08. The Labute approximate surface area is 170 Å². The molecule has 0 unspecified atom stereocenters. The van der Waals surface area contributed by atoms with E-state index >= 15 is 0 Å². The average molecular weight is 392 g/mol. The van der Waals surface area contributed by atoms with Crippen molar-refractivity contribution in [3.05, 3.63) is 66.2 Å². The van der Waals surface area contributed by atoms with Gasteiger partial charge in [-0.25, -0.2) is 5.43 Å². The van der Waals surface area contributed by atoms with Crippen LogP contribution in [0.2, 0.25) is 0 Å². The van der Waals surface area contributed by atoms with Crippen molar-refractivity contribution in [2.45, 2.75) is 13.3 Å². The van der Waals surface area contributed by atoms with E-state index in [1.54, 1.807) is 26.4 Å². The van der Waals surface area contributed by atoms with E-state index in [4.69, 9.17) is 14.2 Å². The minimum Gasteiger partial charge on any atom is -0.497 e. The lowest BCUT2D eigenvalue weighted by Gasteiger charge is -2.10. The van der Waals surface area contributed by atoms with Gasteiger partial charge in [-0.1, -0.05) is 37.3 Å². The van der Waals surface area contributed by atoms with E-state index in [2.05, 4.69) is 16.6 Å². The van der Waals surface area contributed by atoms with Crippen molar-refractivity contribution in [2.24, 2.45) is 5.10 Å². The Hall–Kier alpha value is -3.54. The largest absolute Gasteiger partial charge is 0.497 e. The molecule has 150 valence electrons. The van der Waals surface area contributed by atoms with Crippen molar-refractivity contribution < 1.29 is 19.0 Å². The topological polar surface area (TPSA) is 69.2 Å². The smallest absolute Gasteiger partial charge is 0.277 e. The molecule has 0 aromatic heterocycles. The summed E-state index contributed by atoms with van der Waals surface area (Å²) in [6, 6.07) is 19.1. The third-order valence-corrected chi connectivity index (χ3v) is 4.46. The second-order valence-corrected chi connectivity index (χ2v) is 6.31. The van der Waals surface area contributed by atoms with Crippen LogP contribution in [0.25, 0.3) is 10.8 Å². The van der Waals surface area contributed by atoms with Crippen molar-refractivity contribution in [2.75, 3.05) is 20.8 Å². The van der Waals surface area contributed by atoms with Crippen LogP contribution < -0.4 is 19.6 Å². The number of hydrogen-bond acceptors (Lipinski definition) is 5. The van der Waals surface area contributed by atoms with E-state index in [0.717, 1.165) is 27.8 Å². The molecule has 0 fully saturated rings. The highest BCUT2D eigenvalue weighted by Crippen LogP contribution is 2.25. The molecule has 3 rings (SSSR count). The molecular weight excluding hydrogens is 368 g/mol. The molecule has 0 saturated heterocycles. The summed E-state index contributed by atoms with van der Waals surface area (Å²) in [7, 11) is 3.21. The van der Waals surface area contributed by atoms with Crippen LogP contribution in [0.1, 0.15) is 18.9 Å². The lowest BCUT2D eigenvalue weighted by molar-refractivity contribution is -0.123. The van der Waals surface area contributed by atoms with Crippen molar-refractivity contribution in [3.63, 3.8) is 0 Å². The lowest BCUT2D eigenvalue weighted by Crippen LogP contribution is -2.26. The summed E-state index contributed by atoms with van der Waals surface area (Å²) < 4.78 is 16.0. The SMILES string of the molecule is CC/C(=N/NC(=O)COc1ccccc1OC)c1ccc2cc(OC)ccc2c1. The van der Waals surface area contributed by atoms with Crippen molar-refractivity contribution in [1.29, 1.82) is 0 Å². The molecule has 1 amide bonds. The number of ether oxygens (including phenoxy) is 3. The van der Waals surface area contributed by atoms with Gasteiger partial charge in [0.2, 0.25) is 0 Å². The predicted molar refractivity (Wildman–Crippen MR) is 114 cm³/mol. The highest BCUT2D eigenvalue weighted by atomic mass is 16.5. The molecule has 3 aromatic carbocycles. The van der Waals surface area contributed by atoms with Gasteiger partial charge in [0.15, 0.2) is 18.1 Å². The number of nitrogens with one attached hydrogen (secondary N) is 1. The van der Waals surface area contributed by atoms with E-state index in [1.165, 1.54) is 0 Å². The third kappa shape index (κ3) is 5.04. The first kappa shape index (κ1) is 20.2. The molecule has 0 aliphatic rings. The molecule has 6 nitrogen and oxygen atoms in total. The summed E-state index contributed by atoms with van der Waals surface area (Å²) >= 11 is 0. The number of rotatable bonds is 8. The van der Waals surface area contributed by atoms with Gasteiger partial charge in [0.1, 0.15) is 5.75 Å². The van der Waals surface area contributed by atoms with Crippen LogP contribution in [0.15, 0.2) is 65.8 Å². The Morgan fingerprint density at radius 2 is 1.66 bits per heavy atom. The molecule has 6 heteroatoms. The maximum atomic E-state index is 12.2. The van der Waals surface area contributed by atoms with E-state index in [9.17, 15) is 4.79 Å². The highest BCUT2D eigenvalue weighted by molar-refractivity contribution is 6.03. The molecule has 0 saturated carbocycles. The number of nitrogens with zero attached hydrogens (tertiary/aromatic N) is 1. The van der Waals surface area contributed by atoms with Crippen LogP contribution in [0.3, 0.4) is 0 Å². The van der Waals surface area contributed by atoms with Crippen molar-refractivity contribution in [1.82, 2.24) is 5.43 Å². The van der Waals surface area contributed by atoms with E-state index in [1.807, 2.05) is 49.4 Å². The zero-order valence-electron chi connectivity index (χ0n) is 16.8. The number of methoxy groups -OCH3 is 2. The van der Waals surface area contributed by atoms with Crippen LogP contribution in [0.4, 0.5) is 0 Å². The number of carbonyl (C=O) groups excluding carboxylic acids is 1. The first-order chi connectivity index (χ1) is 14.1. The van der Waals surface area contributed by atoms with E-state index in [-0.39, 0.29) is 12.5 Å². The van der Waals surface area contributed by atoms with Gasteiger partial charge in [0.25, 0.3) is 5.91 Å². The molecular formula is C23H24N2O4. The number of hydrogen-bond donors (Lipinski definition) is 1. The first-order valence-electron chi connectivity index (χ1n) is 9.34. The maximum Gasteiger partial charge on any atom is 0.277 e. The fourth-order valence-electron chi connectivity index (χ4n) is 2.92. The van der Waals surface area contributed by atoms with Crippen LogP contribution >= 0.6 is 0 Å². The van der Waals surface area contributed by atoms with Crippen LogP contribution in [-0.2, 0) is 4.79 Å². The van der Waals surface area contributed by atoms with Crippen molar-refractivity contribution >= 4 is 22.4 Å². The summed E-state index contributed by atoms with van der Waals surface area (Å²) in [6.07, 6.45) is 0.676. The summed E-state index contributed by atoms with van der Waals surface area (Å²) in [6.45, 7) is 1.84. The van der Waals surface area contributed by atoms with Crippen molar-refractivity contribution in [3.8, 4) is 17.2 Å². The number of carbonyl (C=O) groups is 1. The van der Waals surface area contributed by atoms with Crippen LogP contribution in [0.5, 0.6) is 17.2 Å². The minimum absolute atomic E-state index is 0.154. The summed E-state index contributed by atoms with van der Waals surface area (Å²) in [5.74, 6) is 1.56. The van der Waals surface area contributed by atoms with Gasteiger partial charge >= 0.3 is 0 Å². The molecule has 0 aliphatic carbocycles. The number of para-hydroxylation sites is 2. The fourth-order valence-corrected chi connectivity index (χ4v) is 2.92. The number of fused-ring (bicyclic) bond motifs is 1. The Morgan fingerprint density at radius 1 is 0.931 bits per heavy atom. The van der Waals surface area contributed by atoms with Gasteiger partial charge in [-0.3, -0.25) is 4.79 Å². The summed E-state index contributed by atoms with van der Waals surface area (Å²) in [5.41, 5.74) is 4.31. The molecule has 1 N–H and O–H groups in total. The zero-order valence-corrected chi connectivity index (χ0v) is 16.8. The number of hydrazone groups is 1. The minimum atomic E-state index is -0.340. The summed E-state index contributed by atoms with van der Waals surface area (Å²) in [5, 5.41) is 6.45. The van der Waals surface area contributed by atoms with Gasteiger partial charge < -0.3 is 14.2 Å². The Kier molecular flexibility index (Phi) is 6.68. The van der Waals surface area contributed by atoms with E-state index < -0.39 is 0 Å². The Bertz CT molecular complexity index is 1030. The predicted octanol–water partition coefficient (Wildman–Crippen LogP) is 4.17. The van der Waals surface area contributed by atoms with Crippen LogP contribution in [-0.4, -0.2) is 32.4 Å². The van der Waals surface area contributed by atoms with Crippen LogP contribution in [0, 0.1) is 0 Å². The molecule has 0 spiro atoms. The summed E-state index contributed by atoms with van der Waals surface area (Å²) in [4.78, 5) is 12.2. The molecule has 0 atom stereocenters. The molecule has 3 aromatic rings. The van der Waals surface area contributed by atoms with Gasteiger partial charge in [-0.15, -0.1) is 0 Å². The molecule has 0 heterocycles.